The smallest absolute Gasteiger partial charge is 0.330 e. The number of hydrogen-bond acceptors (Lipinski definition) is 9. The molecule has 1 saturated heterocycles. The van der Waals surface area contributed by atoms with Crippen molar-refractivity contribution >= 4 is 72.2 Å². The first-order valence-electron chi connectivity index (χ1n) is 19.1. The highest BCUT2D eigenvalue weighted by atomic mass is 32.2. The van der Waals surface area contributed by atoms with Crippen LogP contribution in [0, 0.1) is 5.41 Å². The lowest BCUT2D eigenvalue weighted by Crippen LogP contribution is -2.45. The van der Waals surface area contributed by atoms with E-state index in [1.165, 1.54) is 12.1 Å². The van der Waals surface area contributed by atoms with Crippen LogP contribution in [0.25, 0.3) is 33.9 Å². The van der Waals surface area contributed by atoms with Gasteiger partial charge in [-0.2, -0.15) is 21.4 Å². The number of imide groups is 1. The van der Waals surface area contributed by atoms with E-state index in [-0.39, 0.29) is 24.2 Å². The zero-order chi connectivity index (χ0) is 41.9. The number of allylic oxidation sites excluding steroid dienone is 4. The van der Waals surface area contributed by atoms with Crippen molar-refractivity contribution in [3.8, 4) is 11.4 Å². The summed E-state index contributed by atoms with van der Waals surface area (Å²) in [4.78, 5) is 45.5. The predicted octanol–water partition coefficient (Wildman–Crippen LogP) is 5.15. The summed E-state index contributed by atoms with van der Waals surface area (Å²) in [6, 6.07) is 13.6. The molecule has 1 aliphatic carbocycles. The Kier molecular flexibility index (Phi) is 10.5. The van der Waals surface area contributed by atoms with Gasteiger partial charge in [-0.3, -0.25) is 18.7 Å². The van der Waals surface area contributed by atoms with Crippen molar-refractivity contribution in [2.75, 3.05) is 6.54 Å². The van der Waals surface area contributed by atoms with E-state index in [4.69, 9.17) is 9.82 Å². The molecule has 0 saturated carbocycles. The molecule has 1 fully saturated rings. The molecule has 0 radical (unpaired) electrons. The highest BCUT2D eigenvalue weighted by Crippen LogP contribution is 2.42. The summed E-state index contributed by atoms with van der Waals surface area (Å²) >= 11 is 0. The van der Waals surface area contributed by atoms with Gasteiger partial charge in [-0.05, 0) is 74.6 Å². The number of amides is 2. The Labute approximate surface area is 336 Å². The van der Waals surface area contributed by atoms with Crippen LogP contribution in [-0.2, 0) is 45.1 Å². The molecule has 0 aromatic heterocycles. The number of nitrogens with zero attached hydrogens (tertiary/aromatic N) is 4. The van der Waals surface area contributed by atoms with Crippen molar-refractivity contribution in [2.24, 2.45) is 5.41 Å². The Bertz CT molecular complexity index is 2830. The van der Waals surface area contributed by atoms with Gasteiger partial charge in [-0.15, -0.1) is 5.06 Å². The average molecular weight is 830 g/mol. The third-order valence-electron chi connectivity index (χ3n) is 11.2. The molecule has 0 atom stereocenters. The lowest BCUT2D eigenvalue weighted by molar-refractivity contribution is -0.438. The predicted molar refractivity (Wildman–Crippen MR) is 216 cm³/mol. The van der Waals surface area contributed by atoms with Crippen LogP contribution in [0.15, 0.2) is 77.2 Å². The van der Waals surface area contributed by atoms with E-state index >= 15 is 0 Å². The number of carbonyl (C=O) groups is 3. The topological polar surface area (TPSA) is 193 Å². The number of hydrogen-bond donors (Lipinski definition) is 2. The Morgan fingerprint density at radius 2 is 1.67 bits per heavy atom. The largest absolute Gasteiger partial charge is 0.364 e. The number of pyridine rings is 1. The number of aromatic nitrogens is 2. The molecular formula is C42H45N4O10S2+. The second-order valence-electron chi connectivity index (χ2n) is 15.9. The summed E-state index contributed by atoms with van der Waals surface area (Å²) in [7, 11) is -9.24. The molecule has 5 aliphatic rings. The van der Waals surface area contributed by atoms with Gasteiger partial charge in [0.2, 0.25) is 5.69 Å². The zero-order valence-corrected chi connectivity index (χ0v) is 34.5. The molecule has 2 aromatic carbocycles. The summed E-state index contributed by atoms with van der Waals surface area (Å²) in [5, 5.41) is 2.13. The number of carbonyl (C=O) groups excluding carboxylic acids is 3. The quantitative estimate of drug-likeness (QED) is 0.0831. The first-order valence-corrected chi connectivity index (χ1v) is 21.9. The molecule has 2 aromatic rings. The monoisotopic (exact) mass is 829 g/mol. The molecule has 7 rings (SSSR count). The van der Waals surface area contributed by atoms with Crippen LogP contribution in [0.1, 0.15) is 85.1 Å². The summed E-state index contributed by atoms with van der Waals surface area (Å²) in [5.41, 5.74) is 4.06. The van der Waals surface area contributed by atoms with Crippen molar-refractivity contribution < 1.29 is 49.7 Å². The van der Waals surface area contributed by atoms with E-state index in [0.29, 0.717) is 75.7 Å². The second kappa shape index (κ2) is 14.8. The molecule has 304 valence electrons. The Hall–Kier alpha value is -5.29. The van der Waals surface area contributed by atoms with Crippen LogP contribution >= 0.6 is 0 Å². The van der Waals surface area contributed by atoms with Crippen molar-refractivity contribution in [1.29, 1.82) is 0 Å². The average Bonchev–Trinajstić information content (AvgIpc) is 3.74. The lowest BCUT2D eigenvalue weighted by Gasteiger charge is -2.31. The fourth-order valence-corrected chi connectivity index (χ4v) is 9.76. The number of hydroxylamine groups is 2. The summed E-state index contributed by atoms with van der Waals surface area (Å²) in [5.74, 6) is -1.73. The van der Waals surface area contributed by atoms with Crippen molar-refractivity contribution in [2.45, 2.75) is 89.9 Å². The van der Waals surface area contributed by atoms with Crippen LogP contribution in [0.3, 0.4) is 0 Å². The lowest BCUT2D eigenvalue weighted by atomic mass is 9.75. The fraction of sp³-hybridized carbons (Fsp3) is 0.357. The second-order valence-corrected chi connectivity index (χ2v) is 18.5. The van der Waals surface area contributed by atoms with E-state index in [0.717, 1.165) is 26.5 Å². The molecule has 14 nitrogen and oxygen atoms in total. The van der Waals surface area contributed by atoms with Crippen LogP contribution in [-0.4, -0.2) is 74.6 Å². The van der Waals surface area contributed by atoms with Gasteiger partial charge in [0.1, 0.15) is 6.54 Å². The van der Waals surface area contributed by atoms with E-state index in [1.807, 2.05) is 71.1 Å². The molecular weight excluding hydrogens is 785 g/mol. The number of fused-ring (bicyclic) bond motifs is 5. The minimum Gasteiger partial charge on any atom is -0.330 e. The molecule has 16 heteroatoms. The Morgan fingerprint density at radius 1 is 0.966 bits per heavy atom. The molecule has 58 heavy (non-hydrogen) atoms. The standard InChI is InChI=1S/C42H44N4O10S2/c1-6-27-29-24-33-40(28-13-9-10-15-32(28)43-33)46(58(53,54)55)35(29)25-41(2,3)30(27)14-12-16-36-42(4,5)31-23-26(57(50,51)52)18-19-34(31)44(36)22-11-7-8-17-39(49)56-45-37(47)20-21-38(45)48/h9-10,12-16,18-19,23-25H,6-8,11,17,20-22H2,1-5H3,(H-,50,51,52,53,54,55)/p+1. The molecule has 0 bridgehead atoms. The normalized spacial score (nSPS) is 18.5. The zero-order valence-electron chi connectivity index (χ0n) is 32.9. The van der Waals surface area contributed by atoms with Gasteiger partial charge in [0.25, 0.3) is 21.9 Å². The van der Waals surface area contributed by atoms with E-state index in [9.17, 15) is 40.3 Å². The maximum atomic E-state index is 13.1. The number of para-hydroxylation sites is 1. The van der Waals surface area contributed by atoms with Gasteiger partial charge < -0.3 is 4.84 Å². The molecule has 4 heterocycles. The molecule has 4 aliphatic heterocycles. The van der Waals surface area contributed by atoms with Gasteiger partial charge in [-0.25, -0.2) is 13.8 Å². The summed E-state index contributed by atoms with van der Waals surface area (Å²) in [6.45, 7) is 10.4. The van der Waals surface area contributed by atoms with Gasteiger partial charge in [-0.1, -0.05) is 51.1 Å². The van der Waals surface area contributed by atoms with Gasteiger partial charge in [0.05, 0.1) is 32.6 Å². The van der Waals surface area contributed by atoms with Crippen LogP contribution in [0.4, 0.5) is 5.69 Å². The summed E-state index contributed by atoms with van der Waals surface area (Å²) < 4.78 is 74.1. The SMILES string of the molecule is CCC1=c2cc3nc4ccccc4c-3n(S(=O)(=O)O)c2=CC(C)(C)C1=CC=CC1=[N+](CCCCCC(=O)ON2C(=O)CCC2=O)c2ccc(S(=O)(=O)O)cc2C1(C)C. The Balaban J connectivity index is 1.25. The maximum absolute atomic E-state index is 13.1. The number of benzene rings is 2. The molecule has 0 spiro atoms. The van der Waals surface area contributed by atoms with E-state index in [2.05, 4.69) is 4.58 Å². The summed E-state index contributed by atoms with van der Waals surface area (Å²) in [6.07, 6.45) is 9.99. The highest BCUT2D eigenvalue weighted by molar-refractivity contribution is 7.85. The van der Waals surface area contributed by atoms with Crippen molar-refractivity contribution in [3.05, 3.63) is 88.5 Å². The molecule has 2 N–H and O–H groups in total. The van der Waals surface area contributed by atoms with E-state index in [1.54, 1.807) is 24.3 Å². The van der Waals surface area contributed by atoms with Gasteiger partial charge in [0, 0.05) is 59.4 Å². The minimum absolute atomic E-state index is 0.0150. The first-order chi connectivity index (χ1) is 27.2. The number of unbranched alkanes of at least 4 members (excludes halogenated alkanes) is 2. The third-order valence-corrected chi connectivity index (χ3v) is 12.9. The molecule has 0 unspecified atom stereocenters. The molecule has 2 amide bonds. The van der Waals surface area contributed by atoms with Gasteiger partial charge >= 0.3 is 16.3 Å². The fourth-order valence-electron chi connectivity index (χ4n) is 8.43. The Morgan fingerprint density at radius 3 is 2.34 bits per heavy atom. The third kappa shape index (κ3) is 7.33. The van der Waals surface area contributed by atoms with Crippen LogP contribution < -0.4 is 10.6 Å². The van der Waals surface area contributed by atoms with Gasteiger partial charge in [0.15, 0.2) is 5.71 Å². The van der Waals surface area contributed by atoms with E-state index < -0.39 is 49.0 Å². The van der Waals surface area contributed by atoms with Crippen molar-refractivity contribution in [3.63, 3.8) is 0 Å². The highest BCUT2D eigenvalue weighted by Gasteiger charge is 2.45. The van der Waals surface area contributed by atoms with Crippen LogP contribution in [0.5, 0.6) is 0 Å². The van der Waals surface area contributed by atoms with Crippen LogP contribution in [0.2, 0.25) is 0 Å². The number of rotatable bonds is 12. The van der Waals surface area contributed by atoms with Crippen molar-refractivity contribution in [1.82, 2.24) is 14.0 Å². The first kappa shape index (κ1) is 40.9. The maximum Gasteiger partial charge on any atom is 0.364 e. The minimum atomic E-state index is -4.75.